The van der Waals surface area contributed by atoms with Crippen LogP contribution in [0, 0.1) is 6.92 Å². The van der Waals surface area contributed by atoms with Gasteiger partial charge in [0.25, 0.3) is 5.91 Å². The first-order valence-electron chi connectivity index (χ1n) is 8.38. The Kier molecular flexibility index (Phi) is 4.14. The maximum absolute atomic E-state index is 13.1. The largest absolute Gasteiger partial charge is 0.479 e. The number of amides is 1. The molecular weight excluding hydrogens is 318 g/mol. The fourth-order valence-corrected chi connectivity index (χ4v) is 3.50. The van der Waals surface area contributed by atoms with Crippen LogP contribution in [-0.4, -0.2) is 38.2 Å². The number of carboxylic acids is 1. The maximum atomic E-state index is 13.1. The molecular formula is C19H23N3O3. The van der Waals surface area contributed by atoms with Gasteiger partial charge in [-0.3, -0.25) is 9.48 Å². The normalized spacial score (nSPS) is 17.3. The second-order valence-electron chi connectivity index (χ2n) is 7.41. The fraction of sp³-hybridized carbons (Fsp3) is 0.421. The Morgan fingerprint density at radius 1 is 1.24 bits per heavy atom. The highest BCUT2D eigenvalue weighted by atomic mass is 16.4. The van der Waals surface area contributed by atoms with Gasteiger partial charge in [0.15, 0.2) is 6.04 Å². The van der Waals surface area contributed by atoms with Crippen molar-refractivity contribution in [2.75, 3.05) is 6.54 Å². The van der Waals surface area contributed by atoms with Gasteiger partial charge in [0.1, 0.15) is 0 Å². The minimum atomic E-state index is -1.01. The van der Waals surface area contributed by atoms with Crippen LogP contribution in [0.4, 0.5) is 0 Å². The zero-order valence-corrected chi connectivity index (χ0v) is 15.0. The summed E-state index contributed by atoms with van der Waals surface area (Å²) in [6.45, 7) is 8.27. The molecule has 0 spiro atoms. The lowest BCUT2D eigenvalue weighted by molar-refractivity contribution is -0.143. The molecule has 132 valence electrons. The van der Waals surface area contributed by atoms with Crippen LogP contribution in [0.2, 0.25) is 0 Å². The number of benzene rings is 1. The number of carbonyl (C=O) groups is 2. The van der Waals surface area contributed by atoms with Crippen LogP contribution in [0.1, 0.15) is 54.0 Å². The summed E-state index contributed by atoms with van der Waals surface area (Å²) >= 11 is 0. The number of hydrogen-bond donors (Lipinski definition) is 1. The average molecular weight is 341 g/mol. The molecule has 3 rings (SSSR count). The molecule has 1 atom stereocenters. The molecule has 0 saturated heterocycles. The highest BCUT2D eigenvalue weighted by molar-refractivity contribution is 5.98. The molecule has 2 heterocycles. The summed E-state index contributed by atoms with van der Waals surface area (Å²) < 4.78 is 1.80. The molecule has 1 unspecified atom stereocenters. The Morgan fingerprint density at radius 3 is 2.52 bits per heavy atom. The maximum Gasteiger partial charge on any atom is 0.331 e. The van der Waals surface area contributed by atoms with Crippen LogP contribution in [-0.2, 0) is 16.8 Å². The van der Waals surface area contributed by atoms with Gasteiger partial charge in [-0.25, -0.2) is 4.79 Å². The van der Waals surface area contributed by atoms with Crippen molar-refractivity contribution in [1.82, 2.24) is 14.7 Å². The smallest absolute Gasteiger partial charge is 0.331 e. The van der Waals surface area contributed by atoms with Crippen LogP contribution in [0.25, 0.3) is 0 Å². The Morgan fingerprint density at radius 2 is 1.92 bits per heavy atom. The molecule has 0 aliphatic carbocycles. The molecule has 1 N–H and O–H groups in total. The molecule has 0 bridgehead atoms. The van der Waals surface area contributed by atoms with E-state index in [0.717, 1.165) is 11.3 Å². The van der Waals surface area contributed by atoms with Gasteiger partial charge in [0.05, 0.1) is 17.3 Å². The Balaban J connectivity index is 2.00. The van der Waals surface area contributed by atoms with E-state index in [1.54, 1.807) is 16.9 Å². The summed E-state index contributed by atoms with van der Waals surface area (Å²) in [5.74, 6) is -1.30. The van der Waals surface area contributed by atoms with Crippen molar-refractivity contribution in [3.05, 3.63) is 52.8 Å². The summed E-state index contributed by atoms with van der Waals surface area (Å²) in [5, 5.41) is 14.1. The molecule has 6 nitrogen and oxygen atoms in total. The number of aliphatic carboxylic acids is 1. The highest BCUT2D eigenvalue weighted by Gasteiger charge is 2.37. The lowest BCUT2D eigenvalue weighted by Gasteiger charge is -2.34. The second-order valence-corrected chi connectivity index (χ2v) is 7.41. The number of fused-ring (bicyclic) bond motifs is 1. The zero-order valence-electron chi connectivity index (χ0n) is 15.0. The SMILES string of the molecule is Cc1c(C(=O)N2CCc3ccccc3C2C(=O)O)cnn1C(C)(C)C. The predicted molar refractivity (Wildman–Crippen MR) is 93.5 cm³/mol. The van der Waals surface area contributed by atoms with E-state index >= 15 is 0 Å². The van der Waals surface area contributed by atoms with Crippen molar-refractivity contribution in [3.63, 3.8) is 0 Å². The minimum absolute atomic E-state index is 0.247. The zero-order chi connectivity index (χ0) is 18.4. The molecule has 0 saturated carbocycles. The number of rotatable bonds is 2. The van der Waals surface area contributed by atoms with Crippen LogP contribution in [0.5, 0.6) is 0 Å². The van der Waals surface area contributed by atoms with Gasteiger partial charge < -0.3 is 10.0 Å². The van der Waals surface area contributed by atoms with Crippen molar-refractivity contribution in [2.45, 2.75) is 45.7 Å². The topological polar surface area (TPSA) is 75.4 Å². The van der Waals surface area contributed by atoms with Crippen molar-refractivity contribution < 1.29 is 14.7 Å². The first-order valence-corrected chi connectivity index (χ1v) is 8.38. The fourth-order valence-electron chi connectivity index (χ4n) is 3.50. The molecule has 6 heteroatoms. The van der Waals surface area contributed by atoms with E-state index in [1.165, 1.54) is 4.90 Å². The molecule has 1 aromatic carbocycles. The van der Waals surface area contributed by atoms with E-state index in [0.29, 0.717) is 24.1 Å². The van der Waals surface area contributed by atoms with E-state index < -0.39 is 12.0 Å². The number of carboxylic acid groups (broad SMARTS) is 1. The number of hydrogen-bond acceptors (Lipinski definition) is 3. The molecule has 2 aromatic rings. The molecule has 0 radical (unpaired) electrons. The van der Waals surface area contributed by atoms with E-state index in [4.69, 9.17) is 0 Å². The summed E-state index contributed by atoms with van der Waals surface area (Å²) in [5.41, 5.74) is 2.64. The number of carbonyl (C=O) groups excluding carboxylic acids is 1. The van der Waals surface area contributed by atoms with E-state index in [2.05, 4.69) is 5.10 Å². The molecule has 1 aliphatic heterocycles. The average Bonchev–Trinajstić information content (AvgIpc) is 2.94. The molecule has 1 amide bonds. The van der Waals surface area contributed by atoms with Gasteiger partial charge >= 0.3 is 5.97 Å². The van der Waals surface area contributed by atoms with E-state index in [-0.39, 0.29) is 11.4 Å². The van der Waals surface area contributed by atoms with E-state index in [1.807, 2.05) is 45.9 Å². The first kappa shape index (κ1) is 17.2. The number of nitrogens with zero attached hydrogens (tertiary/aromatic N) is 3. The van der Waals surface area contributed by atoms with Gasteiger partial charge in [-0.05, 0) is 45.2 Å². The van der Waals surface area contributed by atoms with Crippen LogP contribution >= 0.6 is 0 Å². The van der Waals surface area contributed by atoms with Gasteiger partial charge in [-0.1, -0.05) is 24.3 Å². The Hall–Kier alpha value is -2.63. The van der Waals surface area contributed by atoms with Gasteiger partial charge in [0, 0.05) is 12.2 Å². The lowest BCUT2D eigenvalue weighted by atomic mass is 9.92. The predicted octanol–water partition coefficient (Wildman–Crippen LogP) is 2.77. The monoisotopic (exact) mass is 341 g/mol. The first-order chi connectivity index (χ1) is 11.7. The van der Waals surface area contributed by atoms with Crippen molar-refractivity contribution >= 4 is 11.9 Å². The summed E-state index contributed by atoms with van der Waals surface area (Å²) in [6.07, 6.45) is 2.19. The quantitative estimate of drug-likeness (QED) is 0.911. The van der Waals surface area contributed by atoms with Crippen molar-refractivity contribution in [1.29, 1.82) is 0 Å². The van der Waals surface area contributed by atoms with Crippen LogP contribution in [0.15, 0.2) is 30.5 Å². The molecule has 1 aliphatic rings. The lowest BCUT2D eigenvalue weighted by Crippen LogP contribution is -2.43. The second kappa shape index (κ2) is 6.02. The number of aromatic nitrogens is 2. The molecule has 0 fully saturated rings. The molecule has 1 aromatic heterocycles. The van der Waals surface area contributed by atoms with Gasteiger partial charge in [0.2, 0.25) is 0 Å². The molecule has 25 heavy (non-hydrogen) atoms. The standard InChI is InChI=1S/C19H23N3O3/c1-12-15(11-20-22(12)19(2,3)4)17(23)21-10-9-13-7-5-6-8-14(13)16(21)18(24)25/h5-8,11,16H,9-10H2,1-4H3,(H,24,25). The summed E-state index contributed by atoms with van der Waals surface area (Å²) in [6, 6.07) is 6.46. The minimum Gasteiger partial charge on any atom is -0.479 e. The van der Waals surface area contributed by atoms with Gasteiger partial charge in [-0.2, -0.15) is 5.10 Å². The van der Waals surface area contributed by atoms with Crippen LogP contribution in [0.3, 0.4) is 0 Å². The highest BCUT2D eigenvalue weighted by Crippen LogP contribution is 2.32. The van der Waals surface area contributed by atoms with Gasteiger partial charge in [-0.15, -0.1) is 0 Å². The Bertz CT molecular complexity index is 833. The third-order valence-corrected chi connectivity index (χ3v) is 4.65. The van der Waals surface area contributed by atoms with Crippen LogP contribution < -0.4 is 0 Å². The van der Waals surface area contributed by atoms with Crippen molar-refractivity contribution in [2.24, 2.45) is 0 Å². The Labute approximate surface area is 147 Å². The third-order valence-electron chi connectivity index (χ3n) is 4.65. The third kappa shape index (κ3) is 2.92. The van der Waals surface area contributed by atoms with E-state index in [9.17, 15) is 14.7 Å². The summed E-state index contributed by atoms with van der Waals surface area (Å²) in [7, 11) is 0. The summed E-state index contributed by atoms with van der Waals surface area (Å²) in [4.78, 5) is 26.4. The van der Waals surface area contributed by atoms with Crippen molar-refractivity contribution in [3.8, 4) is 0 Å².